The van der Waals surface area contributed by atoms with Crippen molar-refractivity contribution in [2.45, 2.75) is 52.9 Å². The monoisotopic (exact) mass is 400 g/mol. The fraction of sp³-hybridized carbons (Fsp3) is 0.500. The zero-order valence-corrected chi connectivity index (χ0v) is 18.3. The first-order valence-electron chi connectivity index (χ1n) is 10.4. The van der Waals surface area contributed by atoms with E-state index >= 15 is 0 Å². The molecule has 0 N–H and O–H groups in total. The van der Waals surface area contributed by atoms with Crippen LogP contribution in [-0.2, 0) is 11.3 Å². The third-order valence-corrected chi connectivity index (χ3v) is 5.39. The van der Waals surface area contributed by atoms with Crippen LogP contribution in [0.4, 0.5) is 5.69 Å². The van der Waals surface area contributed by atoms with Gasteiger partial charge in [-0.05, 0) is 48.6 Å². The molecule has 1 saturated carbocycles. The van der Waals surface area contributed by atoms with Crippen LogP contribution in [-0.4, -0.2) is 19.1 Å². The Bertz CT molecular complexity index is 755. The van der Waals surface area contributed by atoms with Crippen LogP contribution < -0.4 is 9.47 Å². The smallest absolute Gasteiger partial charge is 0.317 e. The lowest BCUT2D eigenvalue weighted by molar-refractivity contribution is -0.736. The summed E-state index contributed by atoms with van der Waals surface area (Å²) in [6.45, 7) is 6.74. The molecule has 1 aliphatic rings. The third kappa shape index (κ3) is 7.08. The van der Waals surface area contributed by atoms with E-state index in [1.807, 2.05) is 31.2 Å². The summed E-state index contributed by atoms with van der Waals surface area (Å²) in [5.74, 6) is 4.24. The second kappa shape index (κ2) is 11.4. The Morgan fingerprint density at radius 2 is 1.45 bits per heavy atom. The summed E-state index contributed by atoms with van der Waals surface area (Å²) in [5.41, 5.74) is 1.37. The summed E-state index contributed by atoms with van der Waals surface area (Å²) in [6.07, 6.45) is 6.64. The molecule has 0 spiro atoms. The van der Waals surface area contributed by atoms with Gasteiger partial charge in [-0.1, -0.05) is 46.5 Å². The fourth-order valence-electron chi connectivity index (χ4n) is 3.36. The van der Waals surface area contributed by atoms with Crippen molar-refractivity contribution < 1.29 is 19.2 Å². The molecule has 1 aliphatic carbocycles. The molecule has 0 bridgehead atoms. The molecule has 29 heavy (non-hydrogen) atoms. The molecule has 0 aliphatic heterocycles. The molecule has 5 nitrogen and oxygen atoms in total. The lowest BCUT2D eigenvalue weighted by Crippen LogP contribution is -2.08. The number of rotatable bonds is 6. The lowest BCUT2D eigenvalue weighted by Gasteiger charge is -2.22. The van der Waals surface area contributed by atoms with Gasteiger partial charge in [0.15, 0.2) is 7.11 Å². The van der Waals surface area contributed by atoms with Gasteiger partial charge >= 0.3 is 5.69 Å². The standard InChI is InChI=1S/C16H18NO4.C8H16/c1-4-12-11-13(17(18)20-3)5-10-16(12)21-15-8-6-14(19-2)7-9-15;1-7-3-5-8(2)6-4-7/h5-11H,4H2,1-3H3;7-8H,3-6H2,1-2H3/q+1;. The second-order valence-corrected chi connectivity index (χ2v) is 7.73. The van der Waals surface area contributed by atoms with Gasteiger partial charge in [-0.2, -0.15) is 0 Å². The minimum absolute atomic E-state index is 0.441. The highest BCUT2D eigenvalue weighted by atomic mass is 16.8. The maximum absolute atomic E-state index is 11.5. The number of hydrogen-bond donors (Lipinski definition) is 0. The van der Waals surface area contributed by atoms with Crippen LogP contribution in [0.2, 0.25) is 0 Å². The number of ether oxygens (including phenoxy) is 2. The minimum Gasteiger partial charge on any atom is -0.497 e. The molecule has 0 radical (unpaired) electrons. The molecule has 0 unspecified atom stereocenters. The van der Waals surface area contributed by atoms with Gasteiger partial charge in [0.1, 0.15) is 17.2 Å². The molecule has 0 amide bonds. The van der Waals surface area contributed by atoms with Crippen LogP contribution in [0.25, 0.3) is 0 Å². The summed E-state index contributed by atoms with van der Waals surface area (Å²) in [5, 5.41) is 0. The van der Waals surface area contributed by atoms with Crippen LogP contribution in [0.5, 0.6) is 17.2 Å². The molecule has 1 fully saturated rings. The zero-order chi connectivity index (χ0) is 21.2. The summed E-state index contributed by atoms with van der Waals surface area (Å²) in [4.78, 5) is 16.6. The van der Waals surface area contributed by atoms with Crippen LogP contribution in [0.3, 0.4) is 0 Å². The first-order valence-corrected chi connectivity index (χ1v) is 10.4. The molecule has 5 heteroatoms. The Hall–Kier alpha value is -2.56. The molecule has 0 saturated heterocycles. The third-order valence-electron chi connectivity index (χ3n) is 5.39. The average Bonchev–Trinajstić information content (AvgIpc) is 2.76. The summed E-state index contributed by atoms with van der Waals surface area (Å²) in [7, 11) is 2.95. The molecule has 0 atom stereocenters. The van der Waals surface area contributed by atoms with E-state index in [1.54, 1.807) is 25.3 Å². The van der Waals surface area contributed by atoms with Gasteiger partial charge in [-0.3, -0.25) is 0 Å². The quantitative estimate of drug-likeness (QED) is 0.497. The van der Waals surface area contributed by atoms with E-state index in [9.17, 15) is 4.91 Å². The van der Waals surface area contributed by atoms with E-state index in [1.165, 1.54) is 32.8 Å². The number of hydrogen-bond acceptors (Lipinski definition) is 4. The van der Waals surface area contributed by atoms with Crippen molar-refractivity contribution in [3.05, 3.63) is 52.9 Å². The fourth-order valence-corrected chi connectivity index (χ4v) is 3.36. The summed E-state index contributed by atoms with van der Waals surface area (Å²) in [6, 6.07) is 12.5. The molecule has 3 rings (SSSR count). The van der Waals surface area contributed by atoms with E-state index in [-0.39, 0.29) is 0 Å². The van der Waals surface area contributed by atoms with E-state index in [4.69, 9.17) is 9.47 Å². The van der Waals surface area contributed by atoms with Gasteiger partial charge in [0, 0.05) is 17.7 Å². The Kier molecular flexibility index (Phi) is 8.97. The van der Waals surface area contributed by atoms with Crippen molar-refractivity contribution in [1.82, 2.24) is 0 Å². The molecular weight excluding hydrogens is 366 g/mol. The van der Waals surface area contributed by atoms with Crippen molar-refractivity contribution in [2.24, 2.45) is 11.8 Å². The molecule has 2 aromatic carbocycles. The highest BCUT2D eigenvalue weighted by Crippen LogP contribution is 2.30. The number of methoxy groups -OCH3 is 1. The predicted octanol–water partition coefficient (Wildman–Crippen LogP) is 6.85. The maximum Gasteiger partial charge on any atom is 0.317 e. The van der Waals surface area contributed by atoms with Crippen LogP contribution >= 0.6 is 0 Å². The molecule has 158 valence electrons. The highest BCUT2D eigenvalue weighted by Gasteiger charge is 2.17. The van der Waals surface area contributed by atoms with E-state index in [2.05, 4.69) is 18.7 Å². The number of nitrogens with zero attached hydrogens (tertiary/aromatic N) is 1. The normalized spacial score (nSPS) is 18.2. The van der Waals surface area contributed by atoms with Crippen molar-refractivity contribution in [1.29, 1.82) is 0 Å². The van der Waals surface area contributed by atoms with E-state index < -0.39 is 0 Å². The molecule has 0 heterocycles. The minimum atomic E-state index is 0.441. The highest BCUT2D eigenvalue weighted by molar-refractivity contribution is 5.46. The van der Waals surface area contributed by atoms with Gasteiger partial charge in [0.25, 0.3) is 4.92 Å². The van der Waals surface area contributed by atoms with Gasteiger partial charge in [0.05, 0.1) is 12.0 Å². The van der Waals surface area contributed by atoms with Gasteiger partial charge in [-0.15, -0.1) is 0 Å². The number of aryl methyl sites for hydroxylation is 1. The first kappa shape index (κ1) is 22.7. The lowest BCUT2D eigenvalue weighted by atomic mass is 9.84. The van der Waals surface area contributed by atoms with Gasteiger partial charge in [0.2, 0.25) is 0 Å². The molecular formula is C24H34NO4+. The van der Waals surface area contributed by atoms with Gasteiger partial charge < -0.3 is 9.47 Å². The van der Waals surface area contributed by atoms with E-state index in [0.29, 0.717) is 16.4 Å². The Morgan fingerprint density at radius 3 is 1.93 bits per heavy atom. The largest absolute Gasteiger partial charge is 0.497 e. The van der Waals surface area contributed by atoms with Crippen molar-refractivity contribution in [2.75, 3.05) is 14.2 Å². The molecule has 0 aromatic heterocycles. The number of benzene rings is 2. The van der Waals surface area contributed by atoms with Crippen LogP contribution in [0.15, 0.2) is 42.5 Å². The maximum atomic E-state index is 11.5. The SMILES string of the molecule is CC1CCC(C)CC1.CCc1cc([N+](=O)OC)ccc1Oc1ccc(OC)cc1. The average molecular weight is 401 g/mol. The van der Waals surface area contributed by atoms with Crippen molar-refractivity contribution in [3.63, 3.8) is 0 Å². The van der Waals surface area contributed by atoms with Crippen molar-refractivity contribution >= 4 is 5.69 Å². The first-order chi connectivity index (χ1) is 14.0. The molecule has 2 aromatic rings. The van der Waals surface area contributed by atoms with Crippen LogP contribution in [0, 0.1) is 16.7 Å². The van der Waals surface area contributed by atoms with Gasteiger partial charge in [-0.25, -0.2) is 4.84 Å². The summed E-state index contributed by atoms with van der Waals surface area (Å²) >= 11 is 0. The predicted molar refractivity (Wildman–Crippen MR) is 116 cm³/mol. The van der Waals surface area contributed by atoms with E-state index in [0.717, 1.165) is 35.3 Å². The van der Waals surface area contributed by atoms with Crippen LogP contribution in [0.1, 0.15) is 52.0 Å². The topological polar surface area (TPSA) is 47.8 Å². The van der Waals surface area contributed by atoms with Crippen molar-refractivity contribution in [3.8, 4) is 17.2 Å². The summed E-state index contributed by atoms with van der Waals surface area (Å²) < 4.78 is 11.0. The Balaban J connectivity index is 0.000000313. The Labute approximate surface area is 174 Å². The Morgan fingerprint density at radius 1 is 0.897 bits per heavy atom. The zero-order valence-electron chi connectivity index (χ0n) is 18.3. The second-order valence-electron chi connectivity index (χ2n) is 7.73.